The van der Waals surface area contributed by atoms with E-state index in [1.54, 1.807) is 25.4 Å². The van der Waals surface area contributed by atoms with Gasteiger partial charge in [0.05, 0.1) is 18.9 Å². The molecule has 1 aliphatic rings. The first-order chi connectivity index (χ1) is 12.5. The number of hydrogen-bond acceptors (Lipinski definition) is 4. The number of benzene rings is 1. The monoisotopic (exact) mass is 374 g/mol. The van der Waals surface area contributed by atoms with Gasteiger partial charge < -0.3 is 20.5 Å². The number of carbonyl (C=O) groups is 1. The Morgan fingerprint density at radius 3 is 2.65 bits per heavy atom. The van der Waals surface area contributed by atoms with E-state index in [1.807, 2.05) is 30.3 Å². The summed E-state index contributed by atoms with van der Waals surface area (Å²) in [6.45, 7) is 2.38. The van der Waals surface area contributed by atoms with Crippen LogP contribution in [0.15, 0.2) is 36.4 Å². The lowest BCUT2D eigenvalue weighted by Crippen LogP contribution is -2.40. The Labute approximate surface area is 158 Å². The maximum atomic E-state index is 12.4. The van der Waals surface area contributed by atoms with Gasteiger partial charge in [0.2, 0.25) is 0 Å². The quantitative estimate of drug-likeness (QED) is 0.700. The van der Waals surface area contributed by atoms with Crippen molar-refractivity contribution in [2.24, 2.45) is 0 Å². The van der Waals surface area contributed by atoms with E-state index in [2.05, 4.69) is 16.7 Å². The Balaban J connectivity index is 1.68. The summed E-state index contributed by atoms with van der Waals surface area (Å²) < 4.78 is 5.27. The maximum Gasteiger partial charge on any atom is 0.319 e. The normalized spacial score (nSPS) is 16.9. The molecule has 1 heterocycles. The van der Waals surface area contributed by atoms with Gasteiger partial charge in [0.25, 0.3) is 0 Å². The zero-order valence-electron chi connectivity index (χ0n) is 15.2. The van der Waals surface area contributed by atoms with E-state index in [4.69, 9.17) is 4.74 Å². The lowest BCUT2D eigenvalue weighted by Gasteiger charge is -2.28. The second-order valence-corrected chi connectivity index (χ2v) is 7.99. The molecule has 0 aliphatic heterocycles. The third kappa shape index (κ3) is 4.02. The fourth-order valence-corrected chi connectivity index (χ4v) is 4.78. The zero-order chi connectivity index (χ0) is 18.6. The summed E-state index contributed by atoms with van der Waals surface area (Å²) in [7, 11) is 1.59. The van der Waals surface area contributed by atoms with Crippen molar-refractivity contribution in [3.05, 3.63) is 46.2 Å². The van der Waals surface area contributed by atoms with Gasteiger partial charge >= 0.3 is 6.03 Å². The number of aliphatic hydroxyl groups is 1. The molecule has 1 aromatic heterocycles. The van der Waals surface area contributed by atoms with Gasteiger partial charge in [-0.25, -0.2) is 4.79 Å². The average molecular weight is 375 g/mol. The van der Waals surface area contributed by atoms with Crippen LogP contribution >= 0.6 is 11.3 Å². The van der Waals surface area contributed by atoms with Crippen molar-refractivity contribution in [1.82, 2.24) is 5.32 Å². The van der Waals surface area contributed by atoms with Gasteiger partial charge in [0, 0.05) is 21.7 Å². The zero-order valence-corrected chi connectivity index (χ0v) is 16.1. The predicted octanol–water partition coefficient (Wildman–Crippen LogP) is 4.44. The van der Waals surface area contributed by atoms with Crippen LogP contribution in [0.4, 0.5) is 10.5 Å². The number of methoxy groups -OCH3 is 1. The molecule has 0 spiro atoms. The SMILES string of the molecule is COc1ccccc1NC(=O)NCC1(c2ccc(C(C)O)s2)CCCC1. The van der Waals surface area contributed by atoms with Crippen LogP contribution in [-0.4, -0.2) is 24.8 Å². The van der Waals surface area contributed by atoms with Crippen LogP contribution in [0.5, 0.6) is 5.75 Å². The highest BCUT2D eigenvalue weighted by Gasteiger charge is 2.37. The molecule has 2 amide bonds. The highest BCUT2D eigenvalue weighted by Crippen LogP contribution is 2.44. The number of rotatable bonds is 6. The maximum absolute atomic E-state index is 12.4. The van der Waals surface area contributed by atoms with E-state index in [-0.39, 0.29) is 11.4 Å². The molecule has 1 saturated carbocycles. The van der Waals surface area contributed by atoms with E-state index >= 15 is 0 Å². The minimum atomic E-state index is -0.450. The molecule has 0 radical (unpaired) electrons. The second kappa shape index (κ2) is 8.10. The van der Waals surface area contributed by atoms with Crippen molar-refractivity contribution in [3.63, 3.8) is 0 Å². The number of aliphatic hydroxyl groups excluding tert-OH is 1. The molecule has 1 fully saturated rings. The summed E-state index contributed by atoms with van der Waals surface area (Å²) in [5.74, 6) is 0.637. The lowest BCUT2D eigenvalue weighted by molar-refractivity contribution is 0.203. The first-order valence-electron chi connectivity index (χ1n) is 9.00. The van der Waals surface area contributed by atoms with Gasteiger partial charge in [0.1, 0.15) is 5.75 Å². The van der Waals surface area contributed by atoms with Crippen LogP contribution in [0.2, 0.25) is 0 Å². The summed E-state index contributed by atoms with van der Waals surface area (Å²) in [5.41, 5.74) is 0.621. The van der Waals surface area contributed by atoms with Crippen LogP contribution in [0.1, 0.15) is 48.5 Å². The minimum absolute atomic E-state index is 0.0318. The Morgan fingerprint density at radius 1 is 1.27 bits per heavy atom. The van der Waals surface area contributed by atoms with Crippen molar-refractivity contribution in [2.45, 2.75) is 44.1 Å². The Bertz CT molecular complexity index is 751. The predicted molar refractivity (Wildman–Crippen MR) is 105 cm³/mol. The summed E-state index contributed by atoms with van der Waals surface area (Å²) in [4.78, 5) is 14.6. The molecular weight excluding hydrogens is 348 g/mol. The van der Waals surface area contributed by atoms with Crippen molar-refractivity contribution in [1.29, 1.82) is 0 Å². The van der Waals surface area contributed by atoms with E-state index in [9.17, 15) is 9.90 Å². The standard InChI is InChI=1S/C20H26N2O3S/c1-14(23)17-9-10-18(26-17)20(11-5-6-12-20)13-21-19(24)22-15-7-3-4-8-16(15)25-2/h3-4,7-10,14,23H,5-6,11-13H2,1-2H3,(H2,21,22,24). The fourth-order valence-electron chi connectivity index (χ4n) is 3.59. The van der Waals surface area contributed by atoms with Crippen molar-refractivity contribution in [3.8, 4) is 5.75 Å². The molecule has 1 atom stereocenters. The first kappa shape index (κ1) is 18.7. The Hall–Kier alpha value is -2.05. The smallest absolute Gasteiger partial charge is 0.319 e. The lowest BCUT2D eigenvalue weighted by atomic mass is 9.84. The summed E-state index contributed by atoms with van der Waals surface area (Å²) in [6.07, 6.45) is 3.99. The molecule has 0 bridgehead atoms. The average Bonchev–Trinajstić information content (AvgIpc) is 3.31. The molecule has 3 rings (SSSR count). The third-order valence-electron chi connectivity index (χ3n) is 5.06. The number of ether oxygens (including phenoxy) is 1. The Kier molecular flexibility index (Phi) is 5.84. The van der Waals surface area contributed by atoms with Gasteiger partial charge in [-0.15, -0.1) is 11.3 Å². The number of para-hydroxylation sites is 2. The van der Waals surface area contributed by atoms with Gasteiger partial charge in [0.15, 0.2) is 0 Å². The molecule has 5 nitrogen and oxygen atoms in total. The van der Waals surface area contributed by atoms with Crippen molar-refractivity contribution >= 4 is 23.1 Å². The number of carbonyl (C=O) groups excluding carboxylic acids is 1. The molecule has 6 heteroatoms. The summed E-state index contributed by atoms with van der Waals surface area (Å²) >= 11 is 1.66. The molecule has 0 saturated heterocycles. The minimum Gasteiger partial charge on any atom is -0.495 e. The molecule has 26 heavy (non-hydrogen) atoms. The van der Waals surface area contributed by atoms with Crippen LogP contribution in [0.25, 0.3) is 0 Å². The van der Waals surface area contributed by atoms with E-state index in [1.165, 1.54) is 4.88 Å². The number of nitrogens with one attached hydrogen (secondary N) is 2. The van der Waals surface area contributed by atoms with Crippen LogP contribution in [0, 0.1) is 0 Å². The molecule has 3 N–H and O–H groups in total. The Morgan fingerprint density at radius 2 is 2.00 bits per heavy atom. The van der Waals surface area contributed by atoms with E-state index < -0.39 is 6.10 Å². The molecular formula is C20H26N2O3S. The number of urea groups is 1. The molecule has 1 aromatic carbocycles. The topological polar surface area (TPSA) is 70.6 Å². The van der Waals surface area contributed by atoms with Crippen LogP contribution in [-0.2, 0) is 5.41 Å². The highest BCUT2D eigenvalue weighted by molar-refractivity contribution is 7.12. The molecule has 2 aromatic rings. The van der Waals surface area contributed by atoms with Crippen LogP contribution in [0.3, 0.4) is 0 Å². The summed E-state index contributed by atoms with van der Waals surface area (Å²) in [5, 5.41) is 15.7. The summed E-state index contributed by atoms with van der Waals surface area (Å²) in [6, 6.07) is 11.2. The number of thiophene rings is 1. The van der Waals surface area contributed by atoms with E-state index in [0.717, 1.165) is 30.6 Å². The largest absolute Gasteiger partial charge is 0.495 e. The highest BCUT2D eigenvalue weighted by atomic mass is 32.1. The van der Waals surface area contributed by atoms with Crippen molar-refractivity contribution in [2.75, 3.05) is 19.0 Å². The fraction of sp³-hybridized carbons (Fsp3) is 0.450. The van der Waals surface area contributed by atoms with Gasteiger partial charge in [-0.1, -0.05) is 25.0 Å². The van der Waals surface area contributed by atoms with Gasteiger partial charge in [-0.2, -0.15) is 0 Å². The second-order valence-electron chi connectivity index (χ2n) is 6.87. The number of anilines is 1. The van der Waals surface area contributed by atoms with Gasteiger partial charge in [-0.05, 0) is 44.0 Å². The van der Waals surface area contributed by atoms with Gasteiger partial charge in [-0.3, -0.25) is 0 Å². The number of amides is 2. The molecule has 1 unspecified atom stereocenters. The van der Waals surface area contributed by atoms with Crippen LogP contribution < -0.4 is 15.4 Å². The molecule has 1 aliphatic carbocycles. The third-order valence-corrected chi connectivity index (χ3v) is 6.57. The van der Waals surface area contributed by atoms with Crippen molar-refractivity contribution < 1.29 is 14.6 Å². The molecule has 140 valence electrons. The number of hydrogen-bond donors (Lipinski definition) is 3. The van der Waals surface area contributed by atoms with E-state index in [0.29, 0.717) is 18.0 Å². The first-order valence-corrected chi connectivity index (χ1v) is 9.82.